The molecule has 2 heterocycles. The maximum atomic E-state index is 10.5. The minimum atomic E-state index is -0.660. The lowest BCUT2D eigenvalue weighted by Gasteiger charge is -2.21. The van der Waals surface area contributed by atoms with Gasteiger partial charge in [0.1, 0.15) is 5.60 Å². The second-order valence-electron chi connectivity index (χ2n) is 4.13. The zero-order valence-electron chi connectivity index (χ0n) is 8.33. The molecule has 2 unspecified atom stereocenters. The molecule has 0 amide bonds. The Balaban J connectivity index is 2.31. The zero-order chi connectivity index (χ0) is 10.3. The third-order valence-corrected chi connectivity index (χ3v) is 4.72. The number of likely N-dealkylation sites (tertiary alicyclic amines) is 1. The van der Waals surface area contributed by atoms with E-state index in [0.29, 0.717) is 6.04 Å². The van der Waals surface area contributed by atoms with Crippen molar-refractivity contribution in [1.29, 1.82) is 0 Å². The van der Waals surface area contributed by atoms with E-state index in [1.807, 2.05) is 10.8 Å². The smallest absolute Gasteiger partial charge is 0.106 e. The highest BCUT2D eigenvalue weighted by molar-refractivity contribution is 9.10. The number of hydrogen-bond acceptors (Lipinski definition) is 3. The molecule has 1 saturated heterocycles. The van der Waals surface area contributed by atoms with Crippen molar-refractivity contribution in [3.05, 3.63) is 20.8 Å². The second kappa shape index (κ2) is 3.59. The molecule has 2 atom stereocenters. The average Bonchev–Trinajstić information content (AvgIpc) is 2.59. The first-order valence-corrected chi connectivity index (χ1v) is 6.41. The lowest BCUT2D eigenvalue weighted by molar-refractivity contribution is 0.0483. The van der Waals surface area contributed by atoms with Crippen LogP contribution >= 0.6 is 27.3 Å². The third kappa shape index (κ3) is 1.65. The van der Waals surface area contributed by atoms with Gasteiger partial charge in [0.05, 0.1) is 0 Å². The predicted octanol–water partition coefficient (Wildman–Crippen LogP) is 2.42. The molecule has 0 saturated carbocycles. The Hall–Kier alpha value is 0.1000. The first-order chi connectivity index (χ1) is 6.53. The monoisotopic (exact) mass is 275 g/mol. The van der Waals surface area contributed by atoms with Gasteiger partial charge < -0.3 is 10.0 Å². The van der Waals surface area contributed by atoms with E-state index < -0.39 is 5.60 Å². The number of aliphatic hydroxyl groups is 1. The van der Waals surface area contributed by atoms with Crippen LogP contribution in [-0.2, 0) is 5.60 Å². The van der Waals surface area contributed by atoms with E-state index in [-0.39, 0.29) is 0 Å². The van der Waals surface area contributed by atoms with Gasteiger partial charge in [0.25, 0.3) is 0 Å². The van der Waals surface area contributed by atoms with Gasteiger partial charge in [0.2, 0.25) is 0 Å². The van der Waals surface area contributed by atoms with Crippen molar-refractivity contribution in [2.45, 2.75) is 25.0 Å². The van der Waals surface area contributed by atoms with Crippen molar-refractivity contribution < 1.29 is 5.11 Å². The summed E-state index contributed by atoms with van der Waals surface area (Å²) in [4.78, 5) is 2.20. The van der Waals surface area contributed by atoms with Crippen LogP contribution in [0.15, 0.2) is 15.2 Å². The van der Waals surface area contributed by atoms with Crippen molar-refractivity contribution in [2.75, 3.05) is 13.6 Å². The Morgan fingerprint density at radius 2 is 2.36 bits per heavy atom. The Morgan fingerprint density at radius 3 is 2.79 bits per heavy atom. The van der Waals surface area contributed by atoms with Crippen LogP contribution in [0.2, 0.25) is 0 Å². The number of β-amino-alcohol motifs (C(OH)–C–C–N with tert-alkyl or cyclic N) is 1. The maximum Gasteiger partial charge on any atom is 0.106 e. The molecule has 0 bridgehead atoms. The van der Waals surface area contributed by atoms with E-state index in [2.05, 4.69) is 34.8 Å². The fraction of sp³-hybridized carbons (Fsp3) is 0.600. The first-order valence-electron chi connectivity index (χ1n) is 4.68. The molecular formula is C10H14BrNOS. The van der Waals surface area contributed by atoms with E-state index in [1.165, 1.54) is 0 Å². The number of likely N-dealkylation sites (N-methyl/N-ethyl adjacent to an activating group) is 1. The van der Waals surface area contributed by atoms with Gasteiger partial charge in [-0.2, -0.15) is 11.3 Å². The van der Waals surface area contributed by atoms with E-state index in [0.717, 1.165) is 23.0 Å². The SMILES string of the molecule is CC1CC(O)(c2cscc2Br)CN1C. The molecule has 1 aromatic rings. The molecule has 4 heteroatoms. The summed E-state index contributed by atoms with van der Waals surface area (Å²) in [6.07, 6.45) is 0.818. The van der Waals surface area contributed by atoms with E-state index in [4.69, 9.17) is 0 Å². The van der Waals surface area contributed by atoms with E-state index >= 15 is 0 Å². The van der Waals surface area contributed by atoms with Crippen LogP contribution in [0.1, 0.15) is 18.9 Å². The Morgan fingerprint density at radius 1 is 1.64 bits per heavy atom. The average molecular weight is 276 g/mol. The summed E-state index contributed by atoms with van der Waals surface area (Å²) in [5, 5.41) is 14.6. The minimum absolute atomic E-state index is 0.451. The second-order valence-corrected chi connectivity index (χ2v) is 5.73. The van der Waals surface area contributed by atoms with Gasteiger partial charge in [-0.1, -0.05) is 0 Å². The number of rotatable bonds is 1. The molecule has 1 aliphatic heterocycles. The minimum Gasteiger partial charge on any atom is -0.384 e. The summed E-state index contributed by atoms with van der Waals surface area (Å²) in [6, 6.07) is 0.451. The van der Waals surface area contributed by atoms with Gasteiger partial charge in [0, 0.05) is 28.0 Å². The zero-order valence-corrected chi connectivity index (χ0v) is 10.7. The lowest BCUT2D eigenvalue weighted by Crippen LogP contribution is -2.29. The van der Waals surface area contributed by atoms with E-state index in [9.17, 15) is 5.11 Å². The molecule has 1 aromatic heterocycles. The highest BCUT2D eigenvalue weighted by Crippen LogP contribution is 2.39. The molecule has 1 N–H and O–H groups in total. The maximum absolute atomic E-state index is 10.5. The molecule has 78 valence electrons. The number of hydrogen-bond donors (Lipinski definition) is 1. The summed E-state index contributed by atoms with van der Waals surface area (Å²) in [7, 11) is 2.06. The Bertz CT molecular complexity index is 329. The molecule has 0 radical (unpaired) electrons. The van der Waals surface area contributed by atoms with Crippen molar-refractivity contribution in [2.24, 2.45) is 0 Å². The molecular weight excluding hydrogens is 262 g/mol. The summed E-state index contributed by atoms with van der Waals surface area (Å²) < 4.78 is 1.03. The van der Waals surface area contributed by atoms with Crippen LogP contribution in [0, 0.1) is 0 Å². The Labute approximate surface area is 96.7 Å². The van der Waals surface area contributed by atoms with Crippen LogP contribution in [0.3, 0.4) is 0 Å². The summed E-state index contributed by atoms with van der Waals surface area (Å²) in [5.74, 6) is 0. The normalized spacial score (nSPS) is 33.9. The van der Waals surface area contributed by atoms with Gasteiger partial charge in [-0.05, 0) is 41.7 Å². The first kappa shape index (κ1) is 10.6. The largest absolute Gasteiger partial charge is 0.384 e. The van der Waals surface area contributed by atoms with Crippen LogP contribution in [-0.4, -0.2) is 29.6 Å². The number of thiophene rings is 1. The van der Waals surface area contributed by atoms with Crippen LogP contribution in [0.25, 0.3) is 0 Å². The molecule has 0 aliphatic carbocycles. The standard InChI is InChI=1S/C10H14BrNOS/c1-7-3-10(13,6-12(7)2)8-4-14-5-9(8)11/h4-5,7,13H,3,6H2,1-2H3. The van der Waals surface area contributed by atoms with Crippen LogP contribution < -0.4 is 0 Å². The molecule has 0 aromatic carbocycles. The highest BCUT2D eigenvalue weighted by Gasteiger charge is 2.41. The molecule has 0 spiro atoms. The summed E-state index contributed by atoms with van der Waals surface area (Å²) in [6.45, 7) is 2.88. The van der Waals surface area contributed by atoms with Gasteiger partial charge >= 0.3 is 0 Å². The quantitative estimate of drug-likeness (QED) is 0.851. The van der Waals surface area contributed by atoms with E-state index in [1.54, 1.807) is 11.3 Å². The molecule has 14 heavy (non-hydrogen) atoms. The highest BCUT2D eigenvalue weighted by atomic mass is 79.9. The Kier molecular flexibility index (Phi) is 2.72. The fourth-order valence-electron chi connectivity index (χ4n) is 2.09. The van der Waals surface area contributed by atoms with Gasteiger partial charge in [-0.15, -0.1) is 0 Å². The van der Waals surface area contributed by atoms with Crippen LogP contribution in [0.5, 0.6) is 0 Å². The van der Waals surface area contributed by atoms with Gasteiger partial charge in [-0.25, -0.2) is 0 Å². The molecule has 1 aliphatic rings. The third-order valence-electron chi connectivity index (χ3n) is 3.01. The van der Waals surface area contributed by atoms with Crippen molar-refractivity contribution in [3.8, 4) is 0 Å². The van der Waals surface area contributed by atoms with Crippen molar-refractivity contribution >= 4 is 27.3 Å². The topological polar surface area (TPSA) is 23.5 Å². The number of nitrogens with zero attached hydrogens (tertiary/aromatic N) is 1. The van der Waals surface area contributed by atoms with Crippen molar-refractivity contribution in [1.82, 2.24) is 4.90 Å². The van der Waals surface area contributed by atoms with Gasteiger partial charge in [0.15, 0.2) is 0 Å². The molecule has 1 fully saturated rings. The fourth-order valence-corrected chi connectivity index (χ4v) is 3.84. The number of halogens is 1. The van der Waals surface area contributed by atoms with Crippen molar-refractivity contribution in [3.63, 3.8) is 0 Å². The van der Waals surface area contributed by atoms with Gasteiger partial charge in [-0.3, -0.25) is 0 Å². The van der Waals surface area contributed by atoms with Crippen LogP contribution in [0.4, 0.5) is 0 Å². The molecule has 2 rings (SSSR count). The summed E-state index contributed by atoms with van der Waals surface area (Å²) in [5.41, 5.74) is 0.381. The molecule has 2 nitrogen and oxygen atoms in total. The lowest BCUT2D eigenvalue weighted by atomic mass is 9.94. The summed E-state index contributed by atoms with van der Waals surface area (Å²) >= 11 is 5.11. The predicted molar refractivity (Wildman–Crippen MR) is 62.6 cm³/mol.